The lowest BCUT2D eigenvalue weighted by Gasteiger charge is -2.03. The maximum atomic E-state index is 5.31. The standard InChI is InChI=1S/C11H13N3OS/c1-9-13-11(14-16-9)7-12-15-8-10-5-3-2-4-6-10/h2-6,12H,7-8H2,1H3. The van der Waals surface area contributed by atoms with Gasteiger partial charge >= 0.3 is 0 Å². The number of hydrogen-bond donors (Lipinski definition) is 1. The Balaban J connectivity index is 1.69. The summed E-state index contributed by atoms with van der Waals surface area (Å²) in [6.07, 6.45) is 0. The van der Waals surface area contributed by atoms with Crippen LogP contribution in [0, 0.1) is 6.92 Å². The number of aryl methyl sites for hydroxylation is 1. The first kappa shape index (κ1) is 11.2. The molecule has 0 saturated carbocycles. The molecule has 2 rings (SSSR count). The van der Waals surface area contributed by atoms with Gasteiger partial charge in [-0.15, -0.1) is 0 Å². The van der Waals surface area contributed by atoms with Crippen molar-refractivity contribution >= 4 is 11.5 Å². The second kappa shape index (κ2) is 5.69. The second-order valence-corrected chi connectivity index (χ2v) is 4.28. The summed E-state index contributed by atoms with van der Waals surface area (Å²) >= 11 is 1.40. The van der Waals surface area contributed by atoms with E-state index in [2.05, 4.69) is 14.8 Å². The van der Waals surface area contributed by atoms with E-state index in [9.17, 15) is 0 Å². The Kier molecular flexibility index (Phi) is 3.98. The molecule has 0 fully saturated rings. The number of rotatable bonds is 5. The van der Waals surface area contributed by atoms with E-state index in [0.29, 0.717) is 13.2 Å². The topological polar surface area (TPSA) is 47.0 Å². The van der Waals surface area contributed by atoms with Crippen molar-refractivity contribution in [2.75, 3.05) is 0 Å². The third-order valence-electron chi connectivity index (χ3n) is 1.98. The molecule has 0 saturated heterocycles. The van der Waals surface area contributed by atoms with Gasteiger partial charge in [0.1, 0.15) is 5.01 Å². The van der Waals surface area contributed by atoms with Crippen molar-refractivity contribution in [2.24, 2.45) is 0 Å². The van der Waals surface area contributed by atoms with Gasteiger partial charge in [-0.05, 0) is 24.0 Å². The first-order chi connectivity index (χ1) is 7.84. The van der Waals surface area contributed by atoms with Crippen molar-refractivity contribution in [2.45, 2.75) is 20.1 Å². The van der Waals surface area contributed by atoms with Crippen molar-refractivity contribution in [3.05, 3.63) is 46.7 Å². The third-order valence-corrected chi connectivity index (χ3v) is 2.64. The fourth-order valence-corrected chi connectivity index (χ4v) is 1.73. The molecular weight excluding hydrogens is 222 g/mol. The van der Waals surface area contributed by atoms with Crippen LogP contribution >= 0.6 is 11.5 Å². The molecule has 0 amide bonds. The summed E-state index contributed by atoms with van der Waals surface area (Å²) in [7, 11) is 0. The number of hydroxylamine groups is 1. The SMILES string of the molecule is Cc1nc(CNOCc2ccccc2)ns1. The van der Waals surface area contributed by atoms with E-state index in [4.69, 9.17) is 4.84 Å². The predicted molar refractivity (Wildman–Crippen MR) is 62.7 cm³/mol. The normalized spacial score (nSPS) is 10.6. The summed E-state index contributed by atoms with van der Waals surface area (Å²) in [5.74, 6) is 0.774. The molecule has 1 aromatic heterocycles. The van der Waals surface area contributed by atoms with Gasteiger partial charge in [0.25, 0.3) is 0 Å². The maximum absolute atomic E-state index is 5.31. The Hall–Kier alpha value is -1.30. The summed E-state index contributed by atoms with van der Waals surface area (Å²) in [6.45, 7) is 3.02. The van der Waals surface area contributed by atoms with Crippen LogP contribution in [0.1, 0.15) is 16.4 Å². The molecule has 0 radical (unpaired) electrons. The van der Waals surface area contributed by atoms with Crippen molar-refractivity contribution in [3.63, 3.8) is 0 Å². The van der Waals surface area contributed by atoms with Gasteiger partial charge in [0.05, 0.1) is 13.2 Å². The van der Waals surface area contributed by atoms with Crippen LogP contribution in [0.3, 0.4) is 0 Å². The zero-order valence-corrected chi connectivity index (χ0v) is 9.83. The fourth-order valence-electron chi connectivity index (χ4n) is 1.24. The van der Waals surface area contributed by atoms with Gasteiger partial charge in [-0.25, -0.2) is 4.98 Å². The van der Waals surface area contributed by atoms with Gasteiger partial charge in [0, 0.05) is 0 Å². The number of aromatic nitrogens is 2. The number of nitrogens with one attached hydrogen (secondary N) is 1. The van der Waals surface area contributed by atoms with E-state index < -0.39 is 0 Å². The third kappa shape index (κ3) is 3.37. The molecule has 0 unspecified atom stereocenters. The van der Waals surface area contributed by atoms with E-state index in [0.717, 1.165) is 16.4 Å². The van der Waals surface area contributed by atoms with Gasteiger partial charge in [-0.3, -0.25) is 4.84 Å². The lowest BCUT2D eigenvalue weighted by molar-refractivity contribution is 0.0223. The van der Waals surface area contributed by atoms with E-state index >= 15 is 0 Å². The van der Waals surface area contributed by atoms with Gasteiger partial charge in [0.2, 0.25) is 0 Å². The molecule has 1 aromatic carbocycles. The fraction of sp³-hybridized carbons (Fsp3) is 0.273. The first-order valence-corrected chi connectivity index (χ1v) is 5.80. The summed E-state index contributed by atoms with van der Waals surface area (Å²) in [5, 5.41) is 0.972. The zero-order valence-electron chi connectivity index (χ0n) is 9.01. The van der Waals surface area contributed by atoms with E-state index in [1.165, 1.54) is 11.5 Å². The molecule has 84 valence electrons. The summed E-state index contributed by atoms with van der Waals surface area (Å²) in [6, 6.07) is 10.0. The highest BCUT2D eigenvalue weighted by Crippen LogP contribution is 2.02. The molecule has 0 atom stereocenters. The quantitative estimate of drug-likeness (QED) is 0.636. The Morgan fingerprint density at radius 3 is 2.81 bits per heavy atom. The molecule has 1 N–H and O–H groups in total. The molecule has 16 heavy (non-hydrogen) atoms. The average molecular weight is 235 g/mol. The first-order valence-electron chi connectivity index (χ1n) is 5.02. The highest BCUT2D eigenvalue weighted by Gasteiger charge is 1.99. The van der Waals surface area contributed by atoms with Crippen molar-refractivity contribution < 1.29 is 4.84 Å². The maximum Gasteiger partial charge on any atom is 0.158 e. The molecule has 0 aliphatic heterocycles. The van der Waals surface area contributed by atoms with Crippen LogP contribution in [0.4, 0.5) is 0 Å². The number of benzene rings is 1. The molecule has 0 aliphatic carbocycles. The Labute approximate surface area is 98.4 Å². The van der Waals surface area contributed by atoms with E-state index in [1.54, 1.807) is 0 Å². The van der Waals surface area contributed by atoms with E-state index in [1.807, 2.05) is 37.3 Å². The monoisotopic (exact) mass is 235 g/mol. The van der Waals surface area contributed by atoms with Gasteiger partial charge < -0.3 is 0 Å². The molecule has 2 aromatic rings. The van der Waals surface area contributed by atoms with Crippen LogP contribution in [0.2, 0.25) is 0 Å². The molecule has 0 aliphatic rings. The smallest absolute Gasteiger partial charge is 0.158 e. The van der Waals surface area contributed by atoms with Crippen LogP contribution in [-0.4, -0.2) is 9.36 Å². The molecule has 1 heterocycles. The van der Waals surface area contributed by atoms with Crippen LogP contribution in [-0.2, 0) is 18.0 Å². The molecule has 0 spiro atoms. The highest BCUT2D eigenvalue weighted by atomic mass is 32.1. The van der Waals surface area contributed by atoms with Crippen LogP contribution in [0.25, 0.3) is 0 Å². The van der Waals surface area contributed by atoms with E-state index in [-0.39, 0.29) is 0 Å². The molecular formula is C11H13N3OS. The Morgan fingerprint density at radius 2 is 2.12 bits per heavy atom. The summed E-state index contributed by atoms with van der Waals surface area (Å²) in [4.78, 5) is 9.53. The lowest BCUT2D eigenvalue weighted by Crippen LogP contribution is -2.14. The number of hydrogen-bond acceptors (Lipinski definition) is 5. The zero-order chi connectivity index (χ0) is 11.2. The van der Waals surface area contributed by atoms with Gasteiger partial charge in [0.15, 0.2) is 5.82 Å². The van der Waals surface area contributed by atoms with Crippen LogP contribution < -0.4 is 5.48 Å². The van der Waals surface area contributed by atoms with Crippen molar-refractivity contribution in [1.82, 2.24) is 14.8 Å². The lowest BCUT2D eigenvalue weighted by atomic mass is 10.2. The largest absolute Gasteiger partial charge is 0.297 e. The predicted octanol–water partition coefficient (Wildman–Crippen LogP) is 2.07. The summed E-state index contributed by atoms with van der Waals surface area (Å²) in [5.41, 5.74) is 3.98. The minimum absolute atomic E-state index is 0.539. The molecule has 5 heteroatoms. The average Bonchev–Trinajstić information content (AvgIpc) is 2.72. The van der Waals surface area contributed by atoms with Gasteiger partial charge in [-0.1, -0.05) is 30.3 Å². The summed E-state index contributed by atoms with van der Waals surface area (Å²) < 4.78 is 4.15. The van der Waals surface area contributed by atoms with Gasteiger partial charge in [-0.2, -0.15) is 9.85 Å². The van der Waals surface area contributed by atoms with Crippen LogP contribution in [0.15, 0.2) is 30.3 Å². The van der Waals surface area contributed by atoms with Crippen molar-refractivity contribution in [1.29, 1.82) is 0 Å². The minimum atomic E-state index is 0.539. The highest BCUT2D eigenvalue weighted by molar-refractivity contribution is 7.05. The molecule has 0 bridgehead atoms. The number of nitrogens with zero attached hydrogens (tertiary/aromatic N) is 2. The minimum Gasteiger partial charge on any atom is -0.297 e. The molecule has 4 nitrogen and oxygen atoms in total. The van der Waals surface area contributed by atoms with Crippen molar-refractivity contribution in [3.8, 4) is 0 Å². The van der Waals surface area contributed by atoms with Crippen LogP contribution in [0.5, 0.6) is 0 Å². The Bertz CT molecular complexity index is 430. The second-order valence-electron chi connectivity index (χ2n) is 3.33. The Morgan fingerprint density at radius 1 is 1.31 bits per heavy atom.